The number of hydrogen-bond acceptors (Lipinski definition) is 4. The summed E-state index contributed by atoms with van der Waals surface area (Å²) in [5.41, 5.74) is 0. The average molecular weight is 142 g/mol. The molecule has 0 fully saturated rings. The van der Waals surface area contributed by atoms with E-state index in [1.165, 1.54) is 6.20 Å². The molecule has 0 atom stereocenters. The number of nitrogens with zero attached hydrogens (tertiary/aromatic N) is 2. The minimum absolute atomic E-state index is 0.397. The fourth-order valence-corrected chi connectivity index (χ4v) is 0.539. The zero-order chi connectivity index (χ0) is 7.23. The predicted octanol–water partition coefficient (Wildman–Crippen LogP) is 1.25. The van der Waals surface area contributed by atoms with Crippen LogP contribution in [0.2, 0.25) is 0 Å². The fourth-order valence-electron chi connectivity index (χ4n) is 0.539. The van der Waals surface area contributed by atoms with Crippen molar-refractivity contribution in [3.8, 4) is 5.95 Å². The molecule has 1 rings (SSSR count). The van der Waals surface area contributed by atoms with Gasteiger partial charge in [0.2, 0.25) is 0 Å². The Hall–Kier alpha value is -1.06. The van der Waals surface area contributed by atoms with E-state index in [9.17, 15) is 0 Å². The summed E-state index contributed by atoms with van der Waals surface area (Å²) in [6.07, 6.45) is 3.60. The first-order valence-corrected chi connectivity index (χ1v) is 3.33. The first-order valence-electron chi connectivity index (χ1n) is 3.33. The minimum Gasteiger partial charge on any atom is -0.463 e. The molecule has 0 aliphatic rings. The highest BCUT2D eigenvalue weighted by molar-refractivity contribution is 4.91. The topological polar surface area (TPSA) is 48.2 Å². The van der Waals surface area contributed by atoms with Crippen LogP contribution < -0.4 is 4.74 Å². The third kappa shape index (κ3) is 2.05. The van der Waals surface area contributed by atoms with Gasteiger partial charge in [-0.05, 0) is 6.42 Å². The minimum atomic E-state index is 0.397. The van der Waals surface area contributed by atoms with E-state index in [1.54, 1.807) is 0 Å². The van der Waals surface area contributed by atoms with Gasteiger partial charge < -0.3 is 4.74 Å². The summed E-state index contributed by atoms with van der Waals surface area (Å²) in [4.78, 5) is 0. The standard InChI is InChI=1S/C6H10N2O2/c1-2-3-4-9-6-5-7-8-10-6/h5H,2-4H2,1H3. The van der Waals surface area contributed by atoms with Gasteiger partial charge in [0.15, 0.2) is 0 Å². The first-order chi connectivity index (χ1) is 4.93. The maximum atomic E-state index is 5.09. The van der Waals surface area contributed by atoms with Crippen molar-refractivity contribution in [2.24, 2.45) is 0 Å². The van der Waals surface area contributed by atoms with Crippen molar-refractivity contribution < 1.29 is 9.26 Å². The van der Waals surface area contributed by atoms with Crippen LogP contribution in [0.5, 0.6) is 5.95 Å². The number of rotatable bonds is 4. The molecule has 1 heterocycles. The van der Waals surface area contributed by atoms with Gasteiger partial charge in [0.05, 0.1) is 6.61 Å². The van der Waals surface area contributed by atoms with E-state index >= 15 is 0 Å². The summed E-state index contributed by atoms with van der Waals surface area (Å²) in [5.74, 6) is 0.397. The molecule has 1 aromatic heterocycles. The van der Waals surface area contributed by atoms with Crippen LogP contribution in [0.15, 0.2) is 10.7 Å². The van der Waals surface area contributed by atoms with Crippen LogP contribution >= 0.6 is 0 Å². The number of ether oxygens (including phenoxy) is 1. The van der Waals surface area contributed by atoms with E-state index in [2.05, 4.69) is 21.8 Å². The van der Waals surface area contributed by atoms with Crippen LogP contribution in [0, 0.1) is 0 Å². The molecule has 0 unspecified atom stereocenters. The van der Waals surface area contributed by atoms with Gasteiger partial charge in [-0.15, -0.1) is 5.10 Å². The summed E-state index contributed by atoms with van der Waals surface area (Å²) < 4.78 is 9.69. The van der Waals surface area contributed by atoms with Gasteiger partial charge in [0, 0.05) is 5.27 Å². The Bertz CT molecular complexity index is 162. The molecule has 0 radical (unpaired) electrons. The highest BCUT2D eigenvalue weighted by atomic mass is 16.6. The molecular formula is C6H10N2O2. The van der Waals surface area contributed by atoms with Gasteiger partial charge in [-0.25, -0.2) is 0 Å². The Labute approximate surface area is 59.2 Å². The third-order valence-corrected chi connectivity index (χ3v) is 1.08. The van der Waals surface area contributed by atoms with E-state index in [1.807, 2.05) is 0 Å². The highest BCUT2D eigenvalue weighted by Crippen LogP contribution is 2.04. The third-order valence-electron chi connectivity index (χ3n) is 1.08. The Balaban J connectivity index is 2.15. The molecule has 0 N–H and O–H groups in total. The van der Waals surface area contributed by atoms with Crippen LogP contribution in [0.4, 0.5) is 0 Å². The largest absolute Gasteiger partial charge is 0.463 e. The molecule has 56 valence electrons. The van der Waals surface area contributed by atoms with Gasteiger partial charge in [-0.3, -0.25) is 4.52 Å². The molecule has 0 bridgehead atoms. The van der Waals surface area contributed by atoms with Crippen molar-refractivity contribution in [3.05, 3.63) is 6.20 Å². The molecule has 10 heavy (non-hydrogen) atoms. The molecular weight excluding hydrogens is 132 g/mol. The molecule has 0 aromatic carbocycles. The quantitative estimate of drug-likeness (QED) is 0.593. The molecule has 4 nitrogen and oxygen atoms in total. The molecule has 1 aromatic rings. The molecule has 0 aliphatic heterocycles. The zero-order valence-electron chi connectivity index (χ0n) is 5.91. The second-order valence-electron chi connectivity index (χ2n) is 1.94. The van der Waals surface area contributed by atoms with Crippen LogP contribution in [-0.2, 0) is 0 Å². The van der Waals surface area contributed by atoms with Crippen molar-refractivity contribution in [1.82, 2.24) is 10.4 Å². The lowest BCUT2D eigenvalue weighted by Gasteiger charge is -1.96. The first kappa shape index (κ1) is 7.05. The fraction of sp³-hybridized carbons (Fsp3) is 0.667. The van der Waals surface area contributed by atoms with E-state index in [0.717, 1.165) is 12.8 Å². The summed E-state index contributed by atoms with van der Waals surface area (Å²) in [7, 11) is 0. The smallest absolute Gasteiger partial charge is 0.332 e. The summed E-state index contributed by atoms with van der Waals surface area (Å²) in [6, 6.07) is 0. The van der Waals surface area contributed by atoms with Crippen molar-refractivity contribution in [1.29, 1.82) is 0 Å². The summed E-state index contributed by atoms with van der Waals surface area (Å²) in [5, 5.41) is 6.71. The summed E-state index contributed by atoms with van der Waals surface area (Å²) >= 11 is 0. The second kappa shape index (κ2) is 3.87. The van der Waals surface area contributed by atoms with Crippen molar-refractivity contribution in [2.75, 3.05) is 6.61 Å². The Morgan fingerprint density at radius 2 is 2.60 bits per heavy atom. The lowest BCUT2D eigenvalue weighted by Crippen LogP contribution is -1.94. The Morgan fingerprint density at radius 1 is 1.70 bits per heavy atom. The van der Waals surface area contributed by atoms with E-state index in [0.29, 0.717) is 12.6 Å². The number of hydrogen-bond donors (Lipinski definition) is 0. The van der Waals surface area contributed by atoms with Crippen molar-refractivity contribution in [3.63, 3.8) is 0 Å². The Kier molecular flexibility index (Phi) is 2.73. The number of aromatic nitrogens is 2. The lowest BCUT2D eigenvalue weighted by atomic mass is 10.4. The normalized spacial score (nSPS) is 9.70. The predicted molar refractivity (Wildman–Crippen MR) is 34.7 cm³/mol. The van der Waals surface area contributed by atoms with Crippen molar-refractivity contribution in [2.45, 2.75) is 19.8 Å². The molecule has 0 spiro atoms. The molecule has 0 aliphatic carbocycles. The maximum absolute atomic E-state index is 5.09. The zero-order valence-corrected chi connectivity index (χ0v) is 5.91. The van der Waals surface area contributed by atoms with Crippen LogP contribution in [0.3, 0.4) is 0 Å². The molecule has 0 saturated carbocycles. The molecule has 4 heteroatoms. The SMILES string of the molecule is CCCCOc1cnno1. The summed E-state index contributed by atoms with van der Waals surface area (Å²) in [6.45, 7) is 2.77. The van der Waals surface area contributed by atoms with Gasteiger partial charge in [-0.1, -0.05) is 13.3 Å². The Morgan fingerprint density at radius 3 is 3.20 bits per heavy atom. The van der Waals surface area contributed by atoms with Gasteiger partial charge in [0.1, 0.15) is 6.20 Å². The number of unbranched alkanes of at least 4 members (excludes halogenated alkanes) is 1. The van der Waals surface area contributed by atoms with Gasteiger partial charge in [0.25, 0.3) is 0 Å². The highest BCUT2D eigenvalue weighted by Gasteiger charge is 1.95. The van der Waals surface area contributed by atoms with Gasteiger partial charge in [-0.2, -0.15) is 0 Å². The second-order valence-corrected chi connectivity index (χ2v) is 1.94. The van der Waals surface area contributed by atoms with E-state index in [4.69, 9.17) is 4.74 Å². The molecule has 0 amide bonds. The average Bonchev–Trinajstić information content (AvgIpc) is 2.41. The van der Waals surface area contributed by atoms with E-state index in [-0.39, 0.29) is 0 Å². The van der Waals surface area contributed by atoms with Gasteiger partial charge >= 0.3 is 5.95 Å². The van der Waals surface area contributed by atoms with E-state index < -0.39 is 0 Å². The lowest BCUT2D eigenvalue weighted by molar-refractivity contribution is 0.208. The van der Waals surface area contributed by atoms with Crippen molar-refractivity contribution >= 4 is 0 Å². The monoisotopic (exact) mass is 142 g/mol. The van der Waals surface area contributed by atoms with Crippen LogP contribution in [0.1, 0.15) is 19.8 Å². The van der Waals surface area contributed by atoms with Crippen LogP contribution in [-0.4, -0.2) is 17.0 Å². The maximum Gasteiger partial charge on any atom is 0.332 e. The molecule has 0 saturated heterocycles. The van der Waals surface area contributed by atoms with Crippen LogP contribution in [0.25, 0.3) is 0 Å².